The zero-order chi connectivity index (χ0) is 14.4. The summed E-state index contributed by atoms with van der Waals surface area (Å²) >= 11 is 1.41. The molecule has 2 N–H and O–H groups in total. The molecule has 0 radical (unpaired) electrons. The second-order valence-corrected chi connectivity index (χ2v) is 4.97. The lowest BCUT2D eigenvalue weighted by Gasteiger charge is -2.05. The first-order chi connectivity index (χ1) is 9.65. The first-order valence-corrected chi connectivity index (χ1v) is 6.80. The van der Waals surface area contributed by atoms with Gasteiger partial charge in [-0.2, -0.15) is 0 Å². The van der Waals surface area contributed by atoms with Crippen molar-refractivity contribution in [3.8, 4) is 0 Å². The van der Waals surface area contributed by atoms with Crippen molar-refractivity contribution >= 4 is 29.3 Å². The van der Waals surface area contributed by atoms with Gasteiger partial charge in [0.2, 0.25) is 5.91 Å². The minimum atomic E-state index is -1.08. The van der Waals surface area contributed by atoms with E-state index in [2.05, 4.69) is 10.3 Å². The van der Waals surface area contributed by atoms with Crippen molar-refractivity contribution in [1.29, 1.82) is 0 Å². The summed E-state index contributed by atoms with van der Waals surface area (Å²) in [6, 6.07) is 10.9. The van der Waals surface area contributed by atoms with Crippen molar-refractivity contribution in [2.45, 2.75) is 4.90 Å². The van der Waals surface area contributed by atoms with Gasteiger partial charge in [-0.15, -0.1) is 11.8 Å². The van der Waals surface area contributed by atoms with E-state index in [1.165, 1.54) is 30.2 Å². The number of rotatable bonds is 5. The number of carbonyl (C=O) groups is 2. The highest BCUT2D eigenvalue weighted by atomic mass is 32.2. The van der Waals surface area contributed by atoms with Crippen LogP contribution in [-0.4, -0.2) is 27.7 Å². The number of benzene rings is 1. The van der Waals surface area contributed by atoms with Gasteiger partial charge in [0, 0.05) is 11.1 Å². The van der Waals surface area contributed by atoms with Crippen LogP contribution in [0.5, 0.6) is 0 Å². The van der Waals surface area contributed by atoms with Gasteiger partial charge in [0.1, 0.15) is 0 Å². The maximum absolute atomic E-state index is 11.8. The molecule has 0 saturated carbocycles. The lowest BCUT2D eigenvalue weighted by molar-refractivity contribution is -0.113. The van der Waals surface area contributed by atoms with Crippen LogP contribution in [-0.2, 0) is 4.79 Å². The molecule has 5 nitrogen and oxygen atoms in total. The standard InChI is InChI=1S/C14H12N2O3S/c17-13(9-20-12-4-2-1-3-5-12)16-11-6-10(14(18)19)7-15-8-11/h1-8H,9H2,(H,16,17)(H,18,19). The smallest absolute Gasteiger partial charge is 0.337 e. The quantitative estimate of drug-likeness (QED) is 0.826. The van der Waals surface area contributed by atoms with Crippen LogP contribution < -0.4 is 5.32 Å². The van der Waals surface area contributed by atoms with Gasteiger partial charge in [-0.3, -0.25) is 9.78 Å². The molecule has 1 heterocycles. The molecule has 0 fully saturated rings. The average molecular weight is 288 g/mol. The van der Waals surface area contributed by atoms with Gasteiger partial charge >= 0.3 is 5.97 Å². The van der Waals surface area contributed by atoms with Crippen molar-refractivity contribution in [2.24, 2.45) is 0 Å². The summed E-state index contributed by atoms with van der Waals surface area (Å²) < 4.78 is 0. The van der Waals surface area contributed by atoms with Gasteiger partial charge in [-0.1, -0.05) is 18.2 Å². The third-order valence-electron chi connectivity index (χ3n) is 2.38. The summed E-state index contributed by atoms with van der Waals surface area (Å²) in [7, 11) is 0. The SMILES string of the molecule is O=C(CSc1ccccc1)Nc1cncc(C(=O)O)c1. The zero-order valence-electron chi connectivity index (χ0n) is 10.4. The van der Waals surface area contributed by atoms with Crippen molar-refractivity contribution in [1.82, 2.24) is 4.98 Å². The largest absolute Gasteiger partial charge is 0.478 e. The molecule has 0 atom stereocenters. The van der Waals surface area contributed by atoms with Crippen molar-refractivity contribution in [3.63, 3.8) is 0 Å². The van der Waals surface area contributed by atoms with Gasteiger partial charge in [-0.25, -0.2) is 4.79 Å². The van der Waals surface area contributed by atoms with E-state index in [0.29, 0.717) is 5.69 Å². The Bertz CT molecular complexity index is 617. The summed E-state index contributed by atoms with van der Waals surface area (Å²) in [5.41, 5.74) is 0.419. The van der Waals surface area contributed by atoms with Gasteiger partial charge in [0.05, 0.1) is 23.2 Å². The summed E-state index contributed by atoms with van der Waals surface area (Å²) in [6.07, 6.45) is 2.65. The molecular weight excluding hydrogens is 276 g/mol. The van der Waals surface area contributed by atoms with Gasteiger partial charge in [-0.05, 0) is 18.2 Å². The van der Waals surface area contributed by atoms with Crippen molar-refractivity contribution in [3.05, 3.63) is 54.4 Å². The Morgan fingerprint density at radius 3 is 2.65 bits per heavy atom. The number of thioether (sulfide) groups is 1. The molecule has 2 aromatic rings. The number of aromatic carboxylic acids is 1. The number of hydrogen-bond donors (Lipinski definition) is 2. The van der Waals surface area contributed by atoms with Crippen LogP contribution in [0.2, 0.25) is 0 Å². The summed E-state index contributed by atoms with van der Waals surface area (Å²) in [5, 5.41) is 11.5. The Kier molecular flexibility index (Phi) is 4.73. The fraction of sp³-hybridized carbons (Fsp3) is 0.0714. The predicted molar refractivity (Wildman–Crippen MR) is 77.0 cm³/mol. The highest BCUT2D eigenvalue weighted by Gasteiger charge is 2.07. The number of aromatic nitrogens is 1. The summed E-state index contributed by atoms with van der Waals surface area (Å²) in [4.78, 5) is 27.3. The summed E-state index contributed by atoms with van der Waals surface area (Å²) in [5.74, 6) is -1.03. The molecule has 1 aromatic heterocycles. The van der Waals surface area contributed by atoms with Crippen LogP contribution in [0.3, 0.4) is 0 Å². The van der Waals surface area contributed by atoms with E-state index in [4.69, 9.17) is 5.11 Å². The molecule has 102 valence electrons. The maximum Gasteiger partial charge on any atom is 0.337 e. The monoisotopic (exact) mass is 288 g/mol. The van der Waals surface area contributed by atoms with E-state index in [-0.39, 0.29) is 17.2 Å². The number of carboxylic acid groups (broad SMARTS) is 1. The zero-order valence-corrected chi connectivity index (χ0v) is 11.3. The highest BCUT2D eigenvalue weighted by Crippen LogP contribution is 2.17. The molecular formula is C14H12N2O3S. The minimum Gasteiger partial charge on any atom is -0.478 e. The molecule has 1 amide bonds. The molecule has 0 aliphatic carbocycles. The molecule has 6 heteroatoms. The fourth-order valence-electron chi connectivity index (χ4n) is 1.49. The number of anilines is 1. The van der Waals surface area contributed by atoms with Crippen LogP contribution in [0.25, 0.3) is 0 Å². The number of carbonyl (C=O) groups excluding carboxylic acids is 1. The normalized spacial score (nSPS) is 10.0. The predicted octanol–water partition coefficient (Wildman–Crippen LogP) is 2.51. The van der Waals surface area contributed by atoms with Crippen LogP contribution in [0, 0.1) is 0 Å². The van der Waals surface area contributed by atoms with Gasteiger partial charge < -0.3 is 10.4 Å². The second-order valence-electron chi connectivity index (χ2n) is 3.92. The molecule has 20 heavy (non-hydrogen) atoms. The van der Waals surface area contributed by atoms with E-state index >= 15 is 0 Å². The minimum absolute atomic E-state index is 0.0403. The lowest BCUT2D eigenvalue weighted by Crippen LogP contribution is -2.14. The first-order valence-electron chi connectivity index (χ1n) is 5.81. The van der Waals surface area contributed by atoms with Crippen LogP contribution in [0.4, 0.5) is 5.69 Å². The van der Waals surface area contributed by atoms with E-state index < -0.39 is 5.97 Å². The topological polar surface area (TPSA) is 79.3 Å². The third kappa shape index (κ3) is 4.10. The van der Waals surface area contributed by atoms with E-state index in [9.17, 15) is 9.59 Å². The molecule has 0 unspecified atom stereocenters. The van der Waals surface area contributed by atoms with Crippen LogP contribution in [0.1, 0.15) is 10.4 Å². The number of hydrogen-bond acceptors (Lipinski definition) is 4. The molecule has 0 spiro atoms. The third-order valence-corrected chi connectivity index (χ3v) is 3.39. The van der Waals surface area contributed by atoms with Gasteiger partial charge in [0.25, 0.3) is 0 Å². The number of carboxylic acids is 1. The fourth-order valence-corrected chi connectivity index (χ4v) is 2.21. The van der Waals surface area contributed by atoms with Crippen LogP contribution >= 0.6 is 11.8 Å². The second kappa shape index (κ2) is 6.72. The first kappa shape index (κ1) is 14.1. The number of pyridine rings is 1. The van der Waals surface area contributed by atoms with Crippen LogP contribution in [0.15, 0.2) is 53.7 Å². The maximum atomic E-state index is 11.8. The molecule has 0 saturated heterocycles. The number of nitrogens with one attached hydrogen (secondary N) is 1. The highest BCUT2D eigenvalue weighted by molar-refractivity contribution is 8.00. The number of nitrogens with zero attached hydrogens (tertiary/aromatic N) is 1. The Morgan fingerprint density at radius 1 is 1.20 bits per heavy atom. The molecule has 0 bridgehead atoms. The van der Waals surface area contributed by atoms with E-state index in [1.807, 2.05) is 30.3 Å². The summed E-state index contributed by atoms with van der Waals surface area (Å²) in [6.45, 7) is 0. The van der Waals surface area contributed by atoms with E-state index in [1.54, 1.807) is 0 Å². The average Bonchev–Trinajstić information content (AvgIpc) is 2.46. The van der Waals surface area contributed by atoms with Crippen molar-refractivity contribution < 1.29 is 14.7 Å². The molecule has 1 aromatic carbocycles. The Balaban J connectivity index is 1.91. The Morgan fingerprint density at radius 2 is 1.95 bits per heavy atom. The molecule has 0 aliphatic rings. The molecule has 0 aliphatic heterocycles. The molecule has 2 rings (SSSR count). The Hall–Kier alpha value is -2.34. The Labute approximate surface area is 120 Å². The lowest BCUT2D eigenvalue weighted by atomic mass is 10.2. The van der Waals surface area contributed by atoms with Crippen molar-refractivity contribution in [2.75, 3.05) is 11.1 Å². The van der Waals surface area contributed by atoms with E-state index in [0.717, 1.165) is 4.90 Å². The number of amides is 1. The van der Waals surface area contributed by atoms with Gasteiger partial charge in [0.15, 0.2) is 0 Å².